The van der Waals surface area contributed by atoms with Gasteiger partial charge in [-0.15, -0.1) is 0 Å². The quantitative estimate of drug-likeness (QED) is 0.0661. The molecular weight excluding hydrogens is 647 g/mol. The SMILES string of the molecule is COc1ccc(C(=O)C(I)[C@@]2(N=[N+]=[N-])O[C@@H](n3cnc4c(N)ncnc43)C[C@@]2(O)C(=O)c2ccc(OC)cc2)cc1. The van der Waals surface area contributed by atoms with E-state index in [1.54, 1.807) is 46.9 Å². The number of ketones is 2. The van der Waals surface area contributed by atoms with Crippen molar-refractivity contribution in [2.45, 2.75) is 27.9 Å². The molecule has 3 heterocycles. The lowest BCUT2D eigenvalue weighted by molar-refractivity contribution is -0.114. The van der Waals surface area contributed by atoms with Crippen LogP contribution in [-0.4, -0.2) is 65.7 Å². The second-order valence-corrected chi connectivity index (χ2v) is 10.4. The number of hydrogen-bond acceptors (Lipinski definition) is 11. The summed E-state index contributed by atoms with van der Waals surface area (Å²) in [5.41, 5.74) is 11.5. The average Bonchev–Trinajstić information content (AvgIpc) is 3.57. The molecule has 0 amide bonds. The molecule has 1 aliphatic heterocycles. The second-order valence-electron chi connectivity index (χ2n) is 9.12. The van der Waals surface area contributed by atoms with Gasteiger partial charge in [-0.05, 0) is 54.1 Å². The van der Waals surface area contributed by atoms with Crippen molar-refractivity contribution in [3.63, 3.8) is 0 Å². The normalized spacial score (nSPS) is 22.6. The number of anilines is 1. The summed E-state index contributed by atoms with van der Waals surface area (Å²) in [4.78, 5) is 43.2. The van der Waals surface area contributed by atoms with Crippen LogP contribution < -0.4 is 15.2 Å². The zero-order valence-corrected chi connectivity index (χ0v) is 23.9. The van der Waals surface area contributed by atoms with E-state index >= 15 is 0 Å². The molecule has 1 fully saturated rings. The first kappa shape index (κ1) is 28.2. The smallest absolute Gasteiger partial charge is 0.204 e. The maximum atomic E-state index is 14.1. The molecule has 1 unspecified atom stereocenters. The summed E-state index contributed by atoms with van der Waals surface area (Å²) in [6, 6.07) is 12.2. The van der Waals surface area contributed by atoms with Gasteiger partial charge >= 0.3 is 0 Å². The number of Topliss-reactive ketones (excluding diaryl/α,β-unsaturated/α-hetero) is 2. The van der Waals surface area contributed by atoms with Crippen LogP contribution >= 0.6 is 22.6 Å². The molecule has 3 N–H and O–H groups in total. The number of aliphatic hydroxyl groups is 1. The van der Waals surface area contributed by atoms with Gasteiger partial charge < -0.3 is 25.1 Å². The standard InChI is InChI=1S/C26H23IN8O6/c1-39-16-7-3-14(4-8-16)20(36)21(27)26(33-34-29)25(38,22(37)15-5-9-17(40-2)10-6-15)11-18(41-26)35-13-32-19-23(28)30-12-31-24(19)35/h3-10,12-13,18,21,38H,11H2,1-2H3,(H2,28,30,31)/t18-,21?,25-,26-/m1/s1. The number of benzene rings is 2. The van der Waals surface area contributed by atoms with Gasteiger partial charge in [0.2, 0.25) is 5.72 Å². The number of azide groups is 1. The van der Waals surface area contributed by atoms with Crippen molar-refractivity contribution in [2.75, 3.05) is 20.0 Å². The molecular formula is C26H23IN8O6. The number of halogens is 1. The maximum Gasteiger partial charge on any atom is 0.204 e. The average molecular weight is 670 g/mol. The summed E-state index contributed by atoms with van der Waals surface area (Å²) >= 11 is 1.73. The van der Waals surface area contributed by atoms with Crippen molar-refractivity contribution in [2.24, 2.45) is 5.11 Å². The molecule has 0 aliphatic carbocycles. The van der Waals surface area contributed by atoms with E-state index in [1.165, 1.54) is 55.7 Å². The van der Waals surface area contributed by atoms with Crippen LogP contribution in [0.1, 0.15) is 33.4 Å². The van der Waals surface area contributed by atoms with Gasteiger partial charge in [-0.2, -0.15) is 0 Å². The van der Waals surface area contributed by atoms with Crippen LogP contribution in [0.5, 0.6) is 11.5 Å². The van der Waals surface area contributed by atoms with E-state index in [-0.39, 0.29) is 28.1 Å². The van der Waals surface area contributed by atoms with Crippen molar-refractivity contribution in [3.8, 4) is 11.5 Å². The Bertz CT molecular complexity index is 1670. The number of imidazole rings is 1. The summed E-state index contributed by atoms with van der Waals surface area (Å²) in [5.74, 6) is -0.256. The molecule has 210 valence electrons. The molecule has 41 heavy (non-hydrogen) atoms. The molecule has 1 aliphatic rings. The Kier molecular flexibility index (Phi) is 7.52. The predicted octanol–water partition coefficient (Wildman–Crippen LogP) is 3.65. The van der Waals surface area contributed by atoms with Gasteiger partial charge in [0.15, 0.2) is 28.6 Å². The molecule has 5 rings (SSSR count). The molecule has 4 atom stereocenters. The largest absolute Gasteiger partial charge is 0.497 e. The molecule has 4 aromatic rings. The highest BCUT2D eigenvalue weighted by Crippen LogP contribution is 2.52. The first-order valence-electron chi connectivity index (χ1n) is 12.1. The minimum Gasteiger partial charge on any atom is -0.497 e. The number of aromatic nitrogens is 4. The number of nitrogens with zero attached hydrogens (tertiary/aromatic N) is 7. The third-order valence-corrected chi connectivity index (χ3v) is 8.35. The third-order valence-electron chi connectivity index (χ3n) is 6.95. The number of ether oxygens (including phenoxy) is 3. The lowest BCUT2D eigenvalue weighted by atomic mass is 9.79. The summed E-state index contributed by atoms with van der Waals surface area (Å²) in [6.07, 6.45) is 1.03. The summed E-state index contributed by atoms with van der Waals surface area (Å²) in [7, 11) is 2.97. The lowest BCUT2D eigenvalue weighted by Gasteiger charge is -2.38. The van der Waals surface area contributed by atoms with Gasteiger partial charge in [-0.1, -0.05) is 27.7 Å². The van der Waals surface area contributed by atoms with Crippen LogP contribution in [0.15, 0.2) is 66.3 Å². The number of nitrogens with two attached hydrogens (primary N) is 1. The van der Waals surface area contributed by atoms with E-state index in [0.29, 0.717) is 11.5 Å². The molecule has 2 aromatic heterocycles. The minimum atomic E-state index is -2.51. The summed E-state index contributed by atoms with van der Waals surface area (Å²) < 4.78 is 16.7. The van der Waals surface area contributed by atoms with E-state index in [4.69, 9.17) is 19.9 Å². The number of nitrogen functional groups attached to an aromatic ring is 1. The molecule has 0 spiro atoms. The van der Waals surface area contributed by atoms with Crippen molar-refractivity contribution < 1.29 is 28.9 Å². The Morgan fingerprint density at radius 2 is 1.73 bits per heavy atom. The fourth-order valence-corrected chi connectivity index (χ4v) is 5.94. The molecule has 0 saturated carbocycles. The highest BCUT2D eigenvalue weighted by molar-refractivity contribution is 14.1. The molecule has 2 aromatic carbocycles. The van der Waals surface area contributed by atoms with Crippen molar-refractivity contribution in [3.05, 3.63) is 82.8 Å². The number of rotatable bonds is 9. The number of alkyl halides is 1. The van der Waals surface area contributed by atoms with Crippen molar-refractivity contribution in [1.82, 2.24) is 19.5 Å². The summed E-state index contributed by atoms with van der Waals surface area (Å²) in [6.45, 7) is 0. The number of carbonyl (C=O) groups is 2. The van der Waals surface area contributed by atoms with Gasteiger partial charge in [-0.3, -0.25) is 14.2 Å². The minimum absolute atomic E-state index is 0.0811. The number of hydrogen-bond donors (Lipinski definition) is 2. The zero-order valence-electron chi connectivity index (χ0n) is 21.7. The van der Waals surface area contributed by atoms with Gasteiger partial charge in [0, 0.05) is 22.5 Å². The van der Waals surface area contributed by atoms with Crippen LogP contribution in [-0.2, 0) is 4.74 Å². The Morgan fingerprint density at radius 3 is 2.32 bits per heavy atom. The first-order chi connectivity index (χ1) is 19.7. The van der Waals surface area contributed by atoms with Crippen LogP contribution in [0.25, 0.3) is 21.6 Å². The van der Waals surface area contributed by atoms with E-state index in [1.807, 2.05) is 0 Å². The second kappa shape index (κ2) is 10.9. The highest BCUT2D eigenvalue weighted by Gasteiger charge is 2.68. The molecule has 14 nitrogen and oxygen atoms in total. The first-order valence-corrected chi connectivity index (χ1v) is 13.3. The van der Waals surface area contributed by atoms with Gasteiger partial charge in [0.25, 0.3) is 0 Å². The van der Waals surface area contributed by atoms with Crippen LogP contribution in [0.3, 0.4) is 0 Å². The number of fused-ring (bicyclic) bond motifs is 1. The van der Waals surface area contributed by atoms with Gasteiger partial charge in [0.1, 0.15) is 33.5 Å². The Hall–Kier alpha value is -4.31. The molecule has 0 radical (unpaired) electrons. The molecule has 1 saturated heterocycles. The van der Waals surface area contributed by atoms with Crippen LogP contribution in [0, 0.1) is 0 Å². The van der Waals surface area contributed by atoms with Crippen molar-refractivity contribution in [1.29, 1.82) is 0 Å². The van der Waals surface area contributed by atoms with E-state index in [9.17, 15) is 20.2 Å². The zero-order chi connectivity index (χ0) is 29.4. The van der Waals surface area contributed by atoms with Crippen molar-refractivity contribution >= 4 is 51.1 Å². The van der Waals surface area contributed by atoms with Gasteiger partial charge in [-0.25, -0.2) is 15.0 Å². The van der Waals surface area contributed by atoms with Gasteiger partial charge in [0.05, 0.1) is 20.5 Å². The topological polar surface area (TPSA) is 200 Å². The van der Waals surface area contributed by atoms with E-state index in [0.717, 1.165) is 0 Å². The molecule has 15 heteroatoms. The fourth-order valence-electron chi connectivity index (χ4n) is 4.79. The maximum absolute atomic E-state index is 14.1. The van der Waals surface area contributed by atoms with E-state index < -0.39 is 39.5 Å². The predicted molar refractivity (Wildman–Crippen MR) is 154 cm³/mol. The molecule has 0 bridgehead atoms. The monoisotopic (exact) mass is 670 g/mol. The Morgan fingerprint density at radius 1 is 1.12 bits per heavy atom. The fraction of sp³-hybridized carbons (Fsp3) is 0.269. The Labute approximate surface area is 246 Å². The van der Waals surface area contributed by atoms with E-state index in [2.05, 4.69) is 25.0 Å². The Balaban J connectivity index is 1.66. The highest BCUT2D eigenvalue weighted by atomic mass is 127. The third kappa shape index (κ3) is 4.61. The number of methoxy groups -OCH3 is 2. The van der Waals surface area contributed by atoms with Crippen LogP contribution in [0.2, 0.25) is 0 Å². The number of carbonyl (C=O) groups excluding carboxylic acids is 2. The van der Waals surface area contributed by atoms with Crippen LogP contribution in [0.4, 0.5) is 5.82 Å². The lowest BCUT2D eigenvalue weighted by Crippen LogP contribution is -2.61. The summed E-state index contributed by atoms with van der Waals surface area (Å²) in [5, 5.41) is 16.1.